The van der Waals surface area contributed by atoms with Gasteiger partial charge in [-0.25, -0.2) is 4.68 Å². The molecule has 2 N–H and O–H groups in total. The van der Waals surface area contributed by atoms with Gasteiger partial charge < -0.3 is 10.6 Å². The van der Waals surface area contributed by atoms with Gasteiger partial charge >= 0.3 is 0 Å². The van der Waals surface area contributed by atoms with E-state index in [1.807, 2.05) is 25.2 Å². The van der Waals surface area contributed by atoms with Gasteiger partial charge in [0.2, 0.25) is 0 Å². The molecule has 0 atom stereocenters. The minimum absolute atomic E-state index is 0.191. The molecule has 0 aliphatic heterocycles. The molecule has 100 valence electrons. The molecule has 2 rings (SSSR count). The number of hydrogen-bond acceptors (Lipinski definition) is 3. The zero-order valence-electron chi connectivity index (χ0n) is 10.8. The van der Waals surface area contributed by atoms with Crippen LogP contribution in [0.3, 0.4) is 0 Å². The van der Waals surface area contributed by atoms with Gasteiger partial charge in [0.15, 0.2) is 5.69 Å². The fourth-order valence-electron chi connectivity index (χ4n) is 1.80. The zero-order valence-corrected chi connectivity index (χ0v) is 12.4. The highest BCUT2D eigenvalue weighted by Gasteiger charge is 2.10. The van der Waals surface area contributed by atoms with Gasteiger partial charge in [-0.05, 0) is 30.8 Å². The van der Waals surface area contributed by atoms with Crippen molar-refractivity contribution in [2.24, 2.45) is 0 Å². The summed E-state index contributed by atoms with van der Waals surface area (Å²) in [5.74, 6) is -0.191. The fraction of sp³-hybridized carbons (Fsp3) is 0.231. The molecule has 0 unspecified atom stereocenters. The summed E-state index contributed by atoms with van der Waals surface area (Å²) < 4.78 is 2.68. The van der Waals surface area contributed by atoms with E-state index < -0.39 is 0 Å². The van der Waals surface area contributed by atoms with Crippen LogP contribution in [0.4, 0.5) is 0 Å². The van der Waals surface area contributed by atoms with Gasteiger partial charge in [0.05, 0.1) is 5.69 Å². The van der Waals surface area contributed by atoms with Crippen molar-refractivity contribution in [1.82, 2.24) is 20.4 Å². The van der Waals surface area contributed by atoms with Gasteiger partial charge in [0.1, 0.15) is 0 Å². The number of hydrogen-bond donors (Lipinski definition) is 2. The molecule has 1 aromatic heterocycles. The van der Waals surface area contributed by atoms with Crippen LogP contribution in [0.1, 0.15) is 16.1 Å². The monoisotopic (exact) mass is 322 g/mol. The van der Waals surface area contributed by atoms with Crippen LogP contribution in [0.15, 0.2) is 34.9 Å². The summed E-state index contributed by atoms with van der Waals surface area (Å²) in [4.78, 5) is 11.5. The number of benzene rings is 1. The molecule has 0 radical (unpaired) electrons. The molecule has 2 aromatic rings. The van der Waals surface area contributed by atoms with Gasteiger partial charge in [-0.2, -0.15) is 5.10 Å². The molecule has 0 saturated heterocycles. The summed E-state index contributed by atoms with van der Waals surface area (Å²) in [6.45, 7) is 0.734. The van der Waals surface area contributed by atoms with Crippen LogP contribution in [0.2, 0.25) is 0 Å². The first kappa shape index (κ1) is 13.8. The standard InChI is InChI=1S/C13H15BrN4O/c1-15-8-9-3-4-10(14)7-12(9)18-6-5-11(17-18)13(19)16-2/h3-7,15H,8H2,1-2H3,(H,16,19). The minimum Gasteiger partial charge on any atom is -0.354 e. The molecule has 0 saturated carbocycles. The van der Waals surface area contributed by atoms with Crippen LogP contribution < -0.4 is 10.6 Å². The maximum Gasteiger partial charge on any atom is 0.271 e. The SMILES string of the molecule is CNCc1ccc(Br)cc1-n1ccc(C(=O)NC)n1. The van der Waals surface area contributed by atoms with E-state index in [1.54, 1.807) is 24.0 Å². The Hall–Kier alpha value is -1.66. The summed E-state index contributed by atoms with van der Waals surface area (Å²) in [7, 11) is 3.48. The van der Waals surface area contributed by atoms with E-state index in [1.165, 1.54) is 0 Å². The Morgan fingerprint density at radius 3 is 2.84 bits per heavy atom. The Morgan fingerprint density at radius 2 is 2.16 bits per heavy atom. The second-order valence-corrected chi connectivity index (χ2v) is 4.94. The average molecular weight is 323 g/mol. The number of nitrogens with zero attached hydrogens (tertiary/aromatic N) is 2. The number of amides is 1. The van der Waals surface area contributed by atoms with Crippen LogP contribution in [0.5, 0.6) is 0 Å². The number of rotatable bonds is 4. The molecular formula is C13H15BrN4O. The van der Waals surface area contributed by atoms with Gasteiger partial charge in [0.25, 0.3) is 5.91 Å². The van der Waals surface area contributed by atoms with E-state index in [0.29, 0.717) is 5.69 Å². The highest BCUT2D eigenvalue weighted by Crippen LogP contribution is 2.20. The summed E-state index contributed by atoms with van der Waals surface area (Å²) in [5, 5.41) is 9.97. The van der Waals surface area contributed by atoms with Gasteiger partial charge in [-0.1, -0.05) is 22.0 Å². The molecule has 0 aliphatic carbocycles. The second-order valence-electron chi connectivity index (χ2n) is 4.03. The molecule has 0 fully saturated rings. The first-order valence-corrected chi connectivity index (χ1v) is 6.66. The lowest BCUT2D eigenvalue weighted by Crippen LogP contribution is -2.18. The van der Waals surface area contributed by atoms with Crippen molar-refractivity contribution in [2.45, 2.75) is 6.54 Å². The van der Waals surface area contributed by atoms with E-state index in [9.17, 15) is 4.79 Å². The summed E-state index contributed by atoms with van der Waals surface area (Å²) in [5.41, 5.74) is 2.45. The summed E-state index contributed by atoms with van der Waals surface area (Å²) in [6, 6.07) is 7.69. The number of carbonyl (C=O) groups excluding carboxylic acids is 1. The molecule has 6 heteroatoms. The van der Waals surface area contributed by atoms with Crippen molar-refractivity contribution in [3.8, 4) is 5.69 Å². The van der Waals surface area contributed by atoms with Crippen molar-refractivity contribution in [1.29, 1.82) is 0 Å². The van der Waals surface area contributed by atoms with E-state index in [2.05, 4.69) is 31.7 Å². The largest absolute Gasteiger partial charge is 0.354 e. The van der Waals surface area contributed by atoms with Crippen LogP contribution >= 0.6 is 15.9 Å². The molecule has 1 aromatic carbocycles. The molecule has 1 amide bonds. The number of carbonyl (C=O) groups is 1. The number of nitrogens with one attached hydrogen (secondary N) is 2. The van der Waals surface area contributed by atoms with Gasteiger partial charge in [0, 0.05) is 24.3 Å². The first-order valence-electron chi connectivity index (χ1n) is 5.87. The Bertz CT molecular complexity index is 594. The average Bonchev–Trinajstić information content (AvgIpc) is 2.89. The topological polar surface area (TPSA) is 59.0 Å². The molecular weight excluding hydrogens is 308 g/mol. The highest BCUT2D eigenvalue weighted by molar-refractivity contribution is 9.10. The smallest absolute Gasteiger partial charge is 0.271 e. The molecule has 0 bridgehead atoms. The predicted octanol–water partition coefficient (Wildman–Crippen LogP) is 1.71. The quantitative estimate of drug-likeness (QED) is 0.901. The highest BCUT2D eigenvalue weighted by atomic mass is 79.9. The molecule has 0 spiro atoms. The third-order valence-electron chi connectivity index (χ3n) is 2.71. The van der Waals surface area contributed by atoms with Crippen molar-refractivity contribution in [3.63, 3.8) is 0 Å². The third-order valence-corrected chi connectivity index (χ3v) is 3.20. The Balaban J connectivity index is 2.42. The van der Waals surface area contributed by atoms with E-state index in [0.717, 1.165) is 22.3 Å². The maximum atomic E-state index is 11.5. The van der Waals surface area contributed by atoms with Gasteiger partial charge in [-0.15, -0.1) is 0 Å². The van der Waals surface area contributed by atoms with Crippen LogP contribution in [-0.2, 0) is 6.54 Å². The Labute approximate surface area is 120 Å². The minimum atomic E-state index is -0.191. The zero-order chi connectivity index (χ0) is 13.8. The normalized spacial score (nSPS) is 10.5. The Kier molecular flexibility index (Phi) is 4.34. The molecule has 1 heterocycles. The van der Waals surface area contributed by atoms with Crippen molar-refractivity contribution < 1.29 is 4.79 Å². The van der Waals surface area contributed by atoms with Crippen LogP contribution in [0.25, 0.3) is 5.69 Å². The number of halogens is 1. The lowest BCUT2D eigenvalue weighted by molar-refractivity contribution is 0.0957. The van der Waals surface area contributed by atoms with Gasteiger partial charge in [-0.3, -0.25) is 4.79 Å². The number of aromatic nitrogens is 2. The van der Waals surface area contributed by atoms with Crippen molar-refractivity contribution in [2.75, 3.05) is 14.1 Å². The fourth-order valence-corrected chi connectivity index (χ4v) is 2.15. The van der Waals surface area contributed by atoms with E-state index >= 15 is 0 Å². The van der Waals surface area contributed by atoms with Crippen molar-refractivity contribution in [3.05, 3.63) is 46.2 Å². The summed E-state index contributed by atoms with van der Waals surface area (Å²) in [6.07, 6.45) is 1.78. The van der Waals surface area contributed by atoms with Crippen LogP contribution in [0, 0.1) is 0 Å². The summed E-state index contributed by atoms with van der Waals surface area (Å²) >= 11 is 3.45. The van der Waals surface area contributed by atoms with E-state index in [4.69, 9.17) is 0 Å². The molecule has 5 nitrogen and oxygen atoms in total. The van der Waals surface area contributed by atoms with Crippen LogP contribution in [-0.4, -0.2) is 29.8 Å². The second kappa shape index (κ2) is 5.99. The predicted molar refractivity (Wildman–Crippen MR) is 77.4 cm³/mol. The first-order chi connectivity index (χ1) is 9.15. The van der Waals surface area contributed by atoms with E-state index in [-0.39, 0.29) is 5.91 Å². The molecule has 19 heavy (non-hydrogen) atoms. The Morgan fingerprint density at radius 1 is 1.37 bits per heavy atom. The van der Waals surface area contributed by atoms with Crippen molar-refractivity contribution >= 4 is 21.8 Å². The third kappa shape index (κ3) is 3.02. The lowest BCUT2D eigenvalue weighted by Gasteiger charge is -2.09. The lowest BCUT2D eigenvalue weighted by atomic mass is 10.2. The molecule has 0 aliphatic rings. The maximum absolute atomic E-state index is 11.5.